The molecule has 1 saturated carbocycles. The summed E-state index contributed by atoms with van der Waals surface area (Å²) in [5.41, 5.74) is 1.00. The number of aromatic nitrogens is 2. The molecule has 0 radical (unpaired) electrons. The van der Waals surface area contributed by atoms with Crippen molar-refractivity contribution in [1.82, 2.24) is 9.97 Å². The van der Waals surface area contributed by atoms with Crippen LogP contribution in [0, 0.1) is 3.57 Å². The monoisotopic (exact) mass is 304 g/mol. The molecule has 1 aliphatic carbocycles. The zero-order valence-corrected chi connectivity index (χ0v) is 10.3. The molecule has 1 aliphatic rings. The molecule has 1 fully saturated rings. The predicted octanol–water partition coefficient (Wildman–Crippen LogP) is 2.20. The van der Waals surface area contributed by atoms with Crippen molar-refractivity contribution in [3.8, 4) is 0 Å². The third-order valence-corrected chi connectivity index (χ3v) is 3.51. The van der Waals surface area contributed by atoms with Crippen LogP contribution in [0.2, 0.25) is 0 Å². The average molecular weight is 304 g/mol. The Balaban J connectivity index is 2.41. The predicted molar refractivity (Wildman–Crippen MR) is 63.5 cm³/mol. The molecule has 0 atom stereocenters. The summed E-state index contributed by atoms with van der Waals surface area (Å²) in [7, 11) is 0. The molecule has 4 heteroatoms. The number of aryl methyl sites for hydroxylation is 1. The second kappa shape index (κ2) is 4.00. The van der Waals surface area contributed by atoms with Gasteiger partial charge in [0.1, 0.15) is 5.82 Å². The van der Waals surface area contributed by atoms with Gasteiger partial charge >= 0.3 is 0 Å². The minimum Gasteiger partial charge on any atom is -0.309 e. The van der Waals surface area contributed by atoms with Crippen molar-refractivity contribution in [3.05, 3.63) is 25.4 Å². The summed E-state index contributed by atoms with van der Waals surface area (Å²) in [6.45, 7) is 2.11. The largest absolute Gasteiger partial charge is 0.309 e. The number of aromatic amines is 1. The molecule has 1 N–H and O–H groups in total. The third-order valence-electron chi connectivity index (χ3n) is 2.40. The van der Waals surface area contributed by atoms with Crippen LogP contribution < -0.4 is 5.56 Å². The lowest BCUT2D eigenvalue weighted by Crippen LogP contribution is -2.17. The molecule has 3 nitrogen and oxygen atoms in total. The van der Waals surface area contributed by atoms with Crippen LogP contribution in [-0.2, 0) is 6.42 Å². The molecule has 76 valence electrons. The minimum absolute atomic E-state index is 0.0333. The normalized spacial score (nSPS) is 15.9. The van der Waals surface area contributed by atoms with Gasteiger partial charge in [-0.25, -0.2) is 4.98 Å². The maximum Gasteiger partial charge on any atom is 0.264 e. The van der Waals surface area contributed by atoms with Crippen molar-refractivity contribution < 1.29 is 0 Å². The SMILES string of the molecule is CCCc1nc(C2CC2)[nH]c(=O)c1I. The fraction of sp³-hybridized carbons (Fsp3) is 0.600. The zero-order chi connectivity index (χ0) is 10.1. The Labute approximate surface area is 96.5 Å². The van der Waals surface area contributed by atoms with E-state index >= 15 is 0 Å². The maximum atomic E-state index is 11.6. The Morgan fingerprint density at radius 3 is 2.86 bits per heavy atom. The average Bonchev–Trinajstić information content (AvgIpc) is 2.96. The van der Waals surface area contributed by atoms with Gasteiger partial charge in [0.15, 0.2) is 0 Å². The highest BCUT2D eigenvalue weighted by atomic mass is 127. The van der Waals surface area contributed by atoms with Gasteiger partial charge in [-0.15, -0.1) is 0 Å². The Kier molecular flexibility index (Phi) is 2.90. The summed E-state index contributed by atoms with van der Waals surface area (Å²) < 4.78 is 0.758. The third kappa shape index (κ3) is 1.99. The Morgan fingerprint density at radius 2 is 2.29 bits per heavy atom. The van der Waals surface area contributed by atoms with Gasteiger partial charge in [-0.2, -0.15) is 0 Å². The smallest absolute Gasteiger partial charge is 0.264 e. The van der Waals surface area contributed by atoms with Gasteiger partial charge in [-0.3, -0.25) is 4.79 Å². The molecule has 14 heavy (non-hydrogen) atoms. The second-order valence-electron chi connectivity index (χ2n) is 3.74. The van der Waals surface area contributed by atoms with Gasteiger partial charge in [0, 0.05) is 5.92 Å². The van der Waals surface area contributed by atoms with E-state index < -0.39 is 0 Å². The van der Waals surface area contributed by atoms with Crippen molar-refractivity contribution in [2.45, 2.75) is 38.5 Å². The van der Waals surface area contributed by atoms with E-state index in [0.29, 0.717) is 5.92 Å². The quantitative estimate of drug-likeness (QED) is 0.870. The summed E-state index contributed by atoms with van der Waals surface area (Å²) in [6, 6.07) is 0. The van der Waals surface area contributed by atoms with Crippen LogP contribution in [0.25, 0.3) is 0 Å². The van der Waals surface area contributed by atoms with E-state index in [4.69, 9.17) is 0 Å². The Hall–Kier alpha value is -0.390. The van der Waals surface area contributed by atoms with Gasteiger partial charge in [0.2, 0.25) is 0 Å². The number of nitrogens with one attached hydrogen (secondary N) is 1. The van der Waals surface area contributed by atoms with Crippen LogP contribution in [0.1, 0.15) is 43.6 Å². The molecule has 1 heterocycles. The first-order valence-corrected chi connectivity index (χ1v) is 6.08. The lowest BCUT2D eigenvalue weighted by Gasteiger charge is -2.04. The maximum absolute atomic E-state index is 11.6. The number of hydrogen-bond donors (Lipinski definition) is 1. The van der Waals surface area contributed by atoms with E-state index in [-0.39, 0.29) is 5.56 Å². The van der Waals surface area contributed by atoms with E-state index in [0.717, 1.165) is 27.9 Å². The van der Waals surface area contributed by atoms with Crippen LogP contribution in [0.4, 0.5) is 0 Å². The molecule has 2 rings (SSSR count). The van der Waals surface area contributed by atoms with Gasteiger partial charge in [-0.1, -0.05) is 13.3 Å². The lowest BCUT2D eigenvalue weighted by molar-refractivity contribution is 0.809. The summed E-state index contributed by atoms with van der Waals surface area (Å²) in [6.07, 6.45) is 4.29. The molecule has 0 aromatic carbocycles. The summed E-state index contributed by atoms with van der Waals surface area (Å²) in [4.78, 5) is 18.9. The van der Waals surface area contributed by atoms with Crippen molar-refractivity contribution in [2.24, 2.45) is 0 Å². The van der Waals surface area contributed by atoms with Gasteiger partial charge < -0.3 is 4.98 Å². The van der Waals surface area contributed by atoms with Gasteiger partial charge in [0.05, 0.1) is 9.26 Å². The fourth-order valence-corrected chi connectivity index (χ4v) is 2.00. The summed E-state index contributed by atoms with van der Waals surface area (Å²) in [5, 5.41) is 0. The first kappa shape index (κ1) is 10.1. The topological polar surface area (TPSA) is 45.8 Å². The first-order valence-electron chi connectivity index (χ1n) is 5.01. The Bertz CT molecular complexity index is 396. The van der Waals surface area contributed by atoms with E-state index in [2.05, 4.69) is 39.5 Å². The van der Waals surface area contributed by atoms with Crippen LogP contribution in [0.3, 0.4) is 0 Å². The molecule has 1 aromatic rings. The highest BCUT2D eigenvalue weighted by molar-refractivity contribution is 14.1. The molecule has 0 amide bonds. The van der Waals surface area contributed by atoms with E-state index in [1.54, 1.807) is 0 Å². The van der Waals surface area contributed by atoms with Crippen LogP contribution in [0.15, 0.2) is 4.79 Å². The first-order chi connectivity index (χ1) is 6.72. The summed E-state index contributed by atoms with van der Waals surface area (Å²) >= 11 is 2.08. The van der Waals surface area contributed by atoms with Crippen molar-refractivity contribution in [1.29, 1.82) is 0 Å². The standard InChI is InChI=1S/C10H13IN2O/c1-2-3-7-8(11)10(14)13-9(12-7)6-4-5-6/h6H,2-5H2,1H3,(H,12,13,14). The molecule has 0 unspecified atom stereocenters. The molecule has 0 spiro atoms. The molecular formula is C10H13IN2O. The molecule has 0 saturated heterocycles. The van der Waals surface area contributed by atoms with E-state index in [1.165, 1.54) is 12.8 Å². The molecule has 0 aliphatic heterocycles. The van der Waals surface area contributed by atoms with Crippen LogP contribution in [-0.4, -0.2) is 9.97 Å². The number of nitrogens with zero attached hydrogens (tertiary/aromatic N) is 1. The van der Waals surface area contributed by atoms with Crippen LogP contribution >= 0.6 is 22.6 Å². The van der Waals surface area contributed by atoms with Crippen molar-refractivity contribution >= 4 is 22.6 Å². The lowest BCUT2D eigenvalue weighted by atomic mass is 10.2. The zero-order valence-electron chi connectivity index (χ0n) is 8.14. The summed E-state index contributed by atoms with van der Waals surface area (Å²) in [5.74, 6) is 1.43. The highest BCUT2D eigenvalue weighted by Crippen LogP contribution is 2.37. The molecular weight excluding hydrogens is 291 g/mol. The number of hydrogen-bond acceptors (Lipinski definition) is 2. The number of rotatable bonds is 3. The van der Waals surface area contributed by atoms with Crippen molar-refractivity contribution in [2.75, 3.05) is 0 Å². The van der Waals surface area contributed by atoms with Gasteiger partial charge in [-0.05, 0) is 41.9 Å². The van der Waals surface area contributed by atoms with Gasteiger partial charge in [0.25, 0.3) is 5.56 Å². The molecule has 1 aromatic heterocycles. The van der Waals surface area contributed by atoms with E-state index in [1.807, 2.05) is 0 Å². The minimum atomic E-state index is 0.0333. The van der Waals surface area contributed by atoms with Crippen LogP contribution in [0.5, 0.6) is 0 Å². The number of H-pyrrole nitrogens is 1. The second-order valence-corrected chi connectivity index (χ2v) is 4.81. The Morgan fingerprint density at radius 1 is 1.57 bits per heavy atom. The van der Waals surface area contributed by atoms with E-state index in [9.17, 15) is 4.79 Å². The van der Waals surface area contributed by atoms with Crippen molar-refractivity contribution in [3.63, 3.8) is 0 Å². The fourth-order valence-electron chi connectivity index (χ4n) is 1.48. The molecule has 0 bridgehead atoms. The number of halogens is 1. The highest BCUT2D eigenvalue weighted by Gasteiger charge is 2.27.